The van der Waals surface area contributed by atoms with Gasteiger partial charge in [-0.05, 0) is 25.0 Å². The molecule has 0 radical (unpaired) electrons. The van der Waals surface area contributed by atoms with Crippen LogP contribution < -0.4 is 5.32 Å². The molecule has 0 atom stereocenters. The molecule has 1 fully saturated rings. The quantitative estimate of drug-likeness (QED) is 0.890. The molecule has 0 bridgehead atoms. The molecule has 8 heteroatoms. The minimum atomic E-state index is -4.57. The van der Waals surface area contributed by atoms with Gasteiger partial charge in [-0.1, -0.05) is 19.3 Å². The second-order valence-corrected chi connectivity index (χ2v) is 5.76. The zero-order chi connectivity index (χ0) is 17.1. The van der Waals surface area contributed by atoms with Crippen molar-refractivity contribution < 1.29 is 27.9 Å². The van der Waals surface area contributed by atoms with Crippen molar-refractivity contribution >= 4 is 11.9 Å². The third-order valence-electron chi connectivity index (χ3n) is 4.17. The maximum absolute atomic E-state index is 12.4. The first-order valence-corrected chi connectivity index (χ1v) is 7.29. The van der Waals surface area contributed by atoms with E-state index in [1.807, 2.05) is 0 Å². The average molecular weight is 330 g/mol. The van der Waals surface area contributed by atoms with Crippen molar-refractivity contribution in [2.45, 2.75) is 38.3 Å². The van der Waals surface area contributed by atoms with Crippen molar-refractivity contribution in [3.63, 3.8) is 0 Å². The zero-order valence-corrected chi connectivity index (χ0v) is 12.3. The molecule has 1 aromatic rings. The van der Waals surface area contributed by atoms with Gasteiger partial charge in [-0.3, -0.25) is 14.6 Å². The Hall–Kier alpha value is -2.12. The van der Waals surface area contributed by atoms with E-state index < -0.39 is 29.2 Å². The number of alkyl halides is 3. The second-order valence-electron chi connectivity index (χ2n) is 5.76. The highest BCUT2D eigenvalue weighted by atomic mass is 19.4. The van der Waals surface area contributed by atoms with Gasteiger partial charge in [0.15, 0.2) is 0 Å². The number of nitrogens with one attached hydrogen (secondary N) is 1. The molecule has 23 heavy (non-hydrogen) atoms. The molecule has 2 N–H and O–H groups in total. The minimum Gasteiger partial charge on any atom is -0.481 e. The van der Waals surface area contributed by atoms with Crippen LogP contribution in [0.4, 0.5) is 13.2 Å². The molecule has 0 aromatic carbocycles. The van der Waals surface area contributed by atoms with Gasteiger partial charge in [0.2, 0.25) is 0 Å². The normalized spacial score (nSPS) is 17.5. The molecule has 2 rings (SSSR count). The van der Waals surface area contributed by atoms with E-state index in [0.29, 0.717) is 12.8 Å². The molecule has 0 spiro atoms. The molecule has 0 saturated heterocycles. The van der Waals surface area contributed by atoms with Gasteiger partial charge in [-0.2, -0.15) is 13.2 Å². The number of carbonyl (C=O) groups is 2. The Balaban J connectivity index is 2.02. The molecular weight excluding hydrogens is 313 g/mol. The van der Waals surface area contributed by atoms with Crippen molar-refractivity contribution in [1.82, 2.24) is 10.3 Å². The average Bonchev–Trinajstić information content (AvgIpc) is 2.52. The van der Waals surface area contributed by atoms with E-state index >= 15 is 0 Å². The summed E-state index contributed by atoms with van der Waals surface area (Å²) in [5.74, 6) is -1.58. The van der Waals surface area contributed by atoms with Crippen LogP contribution in [0, 0.1) is 5.41 Å². The van der Waals surface area contributed by atoms with Gasteiger partial charge in [-0.15, -0.1) is 0 Å². The molecule has 126 valence electrons. The van der Waals surface area contributed by atoms with Crippen LogP contribution in [0.15, 0.2) is 18.3 Å². The van der Waals surface area contributed by atoms with Crippen LogP contribution in [-0.4, -0.2) is 28.5 Å². The van der Waals surface area contributed by atoms with Crippen molar-refractivity contribution in [3.05, 3.63) is 29.6 Å². The zero-order valence-electron chi connectivity index (χ0n) is 12.3. The first-order chi connectivity index (χ1) is 10.7. The largest absolute Gasteiger partial charge is 0.481 e. The first-order valence-electron chi connectivity index (χ1n) is 7.29. The van der Waals surface area contributed by atoms with Crippen LogP contribution in [0.25, 0.3) is 0 Å². The summed E-state index contributed by atoms with van der Waals surface area (Å²) in [4.78, 5) is 26.7. The number of halogens is 3. The van der Waals surface area contributed by atoms with Crippen LogP contribution in [0.2, 0.25) is 0 Å². The maximum atomic E-state index is 12.4. The summed E-state index contributed by atoms with van der Waals surface area (Å²) in [5, 5.41) is 11.9. The fourth-order valence-electron chi connectivity index (χ4n) is 2.74. The lowest BCUT2D eigenvalue weighted by Gasteiger charge is -2.33. The van der Waals surface area contributed by atoms with Crippen LogP contribution >= 0.6 is 0 Å². The van der Waals surface area contributed by atoms with E-state index in [1.54, 1.807) is 0 Å². The van der Waals surface area contributed by atoms with E-state index in [4.69, 9.17) is 0 Å². The summed E-state index contributed by atoms with van der Waals surface area (Å²) in [7, 11) is 0. The third-order valence-corrected chi connectivity index (χ3v) is 4.17. The Morgan fingerprint density at radius 3 is 2.35 bits per heavy atom. The molecule has 1 heterocycles. The van der Waals surface area contributed by atoms with Crippen molar-refractivity contribution in [3.8, 4) is 0 Å². The van der Waals surface area contributed by atoms with Crippen LogP contribution in [0.3, 0.4) is 0 Å². The lowest BCUT2D eigenvalue weighted by Crippen LogP contribution is -2.44. The molecule has 1 saturated carbocycles. The monoisotopic (exact) mass is 330 g/mol. The minimum absolute atomic E-state index is 0.0330. The van der Waals surface area contributed by atoms with E-state index in [2.05, 4.69) is 10.3 Å². The summed E-state index contributed by atoms with van der Waals surface area (Å²) in [5.41, 5.74) is -2.11. The number of hydrogen-bond donors (Lipinski definition) is 2. The topological polar surface area (TPSA) is 79.3 Å². The van der Waals surface area contributed by atoms with Gasteiger partial charge >= 0.3 is 12.1 Å². The van der Waals surface area contributed by atoms with E-state index in [0.717, 1.165) is 37.6 Å². The molecule has 1 aliphatic rings. The van der Waals surface area contributed by atoms with Crippen molar-refractivity contribution in [2.75, 3.05) is 6.54 Å². The molecule has 0 aliphatic heterocycles. The molecule has 1 aliphatic carbocycles. The maximum Gasteiger partial charge on any atom is 0.433 e. The van der Waals surface area contributed by atoms with Gasteiger partial charge in [0.05, 0.1) is 11.0 Å². The summed E-state index contributed by atoms with van der Waals surface area (Å²) in [6.45, 7) is -0.0395. The number of aliphatic carboxylic acids is 1. The van der Waals surface area contributed by atoms with Gasteiger partial charge < -0.3 is 10.4 Å². The Bertz CT molecular complexity index is 579. The highest BCUT2D eigenvalue weighted by Gasteiger charge is 2.40. The summed E-state index contributed by atoms with van der Waals surface area (Å²) in [6.07, 6.45) is -0.238. The number of pyridine rings is 1. The Labute approximate surface area is 130 Å². The van der Waals surface area contributed by atoms with Crippen molar-refractivity contribution in [1.29, 1.82) is 0 Å². The number of carboxylic acids is 1. The number of hydrogen-bond acceptors (Lipinski definition) is 3. The molecule has 1 amide bonds. The number of amides is 1. The number of nitrogens with zero attached hydrogens (tertiary/aromatic N) is 1. The Kier molecular flexibility index (Phi) is 4.91. The number of carboxylic acid groups (broad SMARTS) is 1. The van der Waals surface area contributed by atoms with Gasteiger partial charge in [-0.25, -0.2) is 0 Å². The Morgan fingerprint density at radius 2 is 1.87 bits per heavy atom. The summed E-state index contributed by atoms with van der Waals surface area (Å²) in [6, 6.07) is 1.75. The second kappa shape index (κ2) is 6.55. The lowest BCUT2D eigenvalue weighted by atomic mass is 9.74. The summed E-state index contributed by atoms with van der Waals surface area (Å²) < 4.78 is 37.3. The standard InChI is InChI=1S/C15H17F3N2O3/c16-15(17,18)11-5-4-10(8-19-11)12(21)20-9-14(13(22)23)6-2-1-3-7-14/h4-5,8H,1-3,6-7,9H2,(H,20,21)(H,22,23). The highest BCUT2D eigenvalue weighted by Crippen LogP contribution is 2.36. The van der Waals surface area contributed by atoms with E-state index in [-0.39, 0.29) is 12.1 Å². The number of carbonyl (C=O) groups excluding carboxylic acids is 1. The predicted octanol–water partition coefficient (Wildman–Crippen LogP) is 2.87. The van der Waals surface area contributed by atoms with Crippen LogP contribution in [0.5, 0.6) is 0 Å². The third kappa shape index (κ3) is 4.00. The fraction of sp³-hybridized carbons (Fsp3) is 0.533. The number of aromatic nitrogens is 1. The Morgan fingerprint density at radius 1 is 1.22 bits per heavy atom. The van der Waals surface area contributed by atoms with Gasteiger partial charge in [0.1, 0.15) is 5.69 Å². The SMILES string of the molecule is O=C(NCC1(C(=O)O)CCCCC1)c1ccc(C(F)(F)F)nc1. The van der Waals surface area contributed by atoms with E-state index in [9.17, 15) is 27.9 Å². The molecule has 5 nitrogen and oxygen atoms in total. The van der Waals surface area contributed by atoms with Gasteiger partial charge in [0, 0.05) is 12.7 Å². The predicted molar refractivity (Wildman–Crippen MR) is 74.7 cm³/mol. The first kappa shape index (κ1) is 17.2. The molecule has 0 unspecified atom stereocenters. The van der Waals surface area contributed by atoms with Crippen LogP contribution in [-0.2, 0) is 11.0 Å². The van der Waals surface area contributed by atoms with Crippen molar-refractivity contribution in [2.24, 2.45) is 5.41 Å². The lowest BCUT2D eigenvalue weighted by molar-refractivity contribution is -0.150. The summed E-state index contributed by atoms with van der Waals surface area (Å²) >= 11 is 0. The number of rotatable bonds is 4. The smallest absolute Gasteiger partial charge is 0.433 e. The highest BCUT2D eigenvalue weighted by molar-refractivity contribution is 5.94. The molecular formula is C15H17F3N2O3. The van der Waals surface area contributed by atoms with Crippen LogP contribution in [0.1, 0.15) is 48.2 Å². The fourth-order valence-corrected chi connectivity index (χ4v) is 2.74. The van der Waals surface area contributed by atoms with Gasteiger partial charge in [0.25, 0.3) is 5.91 Å². The van der Waals surface area contributed by atoms with E-state index in [1.165, 1.54) is 0 Å². The molecule has 1 aromatic heterocycles.